The Morgan fingerprint density at radius 2 is 1.81 bits per heavy atom. The molecule has 0 aromatic heterocycles. The SMILES string of the molecule is CC1NC(=O)C(Cc2ccccc2)N(CC(F)(F)F)C1=O. The van der Waals surface area contributed by atoms with Gasteiger partial charge in [0.15, 0.2) is 0 Å². The highest BCUT2D eigenvalue weighted by atomic mass is 19.4. The first-order chi connectivity index (χ1) is 9.78. The van der Waals surface area contributed by atoms with Gasteiger partial charge in [0.1, 0.15) is 18.6 Å². The molecule has 1 aromatic carbocycles. The zero-order valence-corrected chi connectivity index (χ0v) is 11.4. The van der Waals surface area contributed by atoms with Crippen molar-refractivity contribution in [2.24, 2.45) is 0 Å². The summed E-state index contributed by atoms with van der Waals surface area (Å²) in [4.78, 5) is 24.6. The maximum absolute atomic E-state index is 12.7. The molecular weight excluding hydrogens is 285 g/mol. The predicted molar refractivity (Wildman–Crippen MR) is 69.3 cm³/mol. The number of piperazine rings is 1. The van der Waals surface area contributed by atoms with Gasteiger partial charge in [-0.05, 0) is 12.5 Å². The van der Waals surface area contributed by atoms with Gasteiger partial charge in [0.2, 0.25) is 11.8 Å². The lowest BCUT2D eigenvalue weighted by molar-refractivity contribution is -0.173. The van der Waals surface area contributed by atoms with Crippen LogP contribution in [0.5, 0.6) is 0 Å². The topological polar surface area (TPSA) is 49.4 Å². The number of carbonyl (C=O) groups excluding carboxylic acids is 2. The molecule has 114 valence electrons. The Morgan fingerprint density at radius 1 is 1.19 bits per heavy atom. The third kappa shape index (κ3) is 3.74. The fourth-order valence-corrected chi connectivity index (χ4v) is 2.34. The summed E-state index contributed by atoms with van der Waals surface area (Å²) in [6.45, 7) is -0.0383. The van der Waals surface area contributed by atoms with Gasteiger partial charge in [-0.1, -0.05) is 30.3 Å². The lowest BCUT2D eigenvalue weighted by Crippen LogP contribution is -2.64. The van der Waals surface area contributed by atoms with Crippen LogP contribution in [-0.2, 0) is 16.0 Å². The first-order valence-corrected chi connectivity index (χ1v) is 6.49. The zero-order valence-electron chi connectivity index (χ0n) is 11.4. The summed E-state index contributed by atoms with van der Waals surface area (Å²) in [6.07, 6.45) is -4.48. The van der Waals surface area contributed by atoms with Gasteiger partial charge in [-0.25, -0.2) is 0 Å². The summed E-state index contributed by atoms with van der Waals surface area (Å²) in [5.74, 6) is -1.27. The van der Waals surface area contributed by atoms with Crippen molar-refractivity contribution < 1.29 is 22.8 Å². The summed E-state index contributed by atoms with van der Waals surface area (Å²) in [6, 6.07) is 6.57. The van der Waals surface area contributed by atoms with E-state index >= 15 is 0 Å². The summed E-state index contributed by atoms with van der Waals surface area (Å²) in [7, 11) is 0. The van der Waals surface area contributed by atoms with Crippen LogP contribution in [0.1, 0.15) is 12.5 Å². The first-order valence-electron chi connectivity index (χ1n) is 6.49. The van der Waals surface area contributed by atoms with E-state index in [0.29, 0.717) is 10.5 Å². The van der Waals surface area contributed by atoms with E-state index in [4.69, 9.17) is 0 Å². The number of amides is 2. The Balaban J connectivity index is 2.25. The molecule has 2 amide bonds. The molecule has 0 bridgehead atoms. The number of rotatable bonds is 3. The van der Waals surface area contributed by atoms with Crippen molar-refractivity contribution in [3.8, 4) is 0 Å². The molecule has 4 nitrogen and oxygen atoms in total. The van der Waals surface area contributed by atoms with Crippen LogP contribution >= 0.6 is 0 Å². The van der Waals surface area contributed by atoms with Crippen molar-refractivity contribution >= 4 is 11.8 Å². The fourth-order valence-electron chi connectivity index (χ4n) is 2.34. The highest BCUT2D eigenvalue weighted by Gasteiger charge is 2.44. The average Bonchev–Trinajstić information content (AvgIpc) is 2.40. The number of alkyl halides is 3. The van der Waals surface area contributed by atoms with Gasteiger partial charge in [0, 0.05) is 6.42 Å². The van der Waals surface area contributed by atoms with Crippen LogP contribution in [0.25, 0.3) is 0 Å². The quantitative estimate of drug-likeness (QED) is 0.920. The van der Waals surface area contributed by atoms with Gasteiger partial charge < -0.3 is 10.2 Å². The van der Waals surface area contributed by atoms with Gasteiger partial charge in [-0.15, -0.1) is 0 Å². The Bertz CT molecular complexity index is 531. The van der Waals surface area contributed by atoms with Gasteiger partial charge in [0.05, 0.1) is 0 Å². The van der Waals surface area contributed by atoms with Crippen molar-refractivity contribution in [1.29, 1.82) is 0 Å². The fraction of sp³-hybridized carbons (Fsp3) is 0.429. The minimum atomic E-state index is -4.54. The third-order valence-electron chi connectivity index (χ3n) is 3.31. The summed E-state index contributed by atoms with van der Waals surface area (Å²) in [5, 5.41) is 2.42. The van der Waals surface area contributed by atoms with E-state index < -0.39 is 36.6 Å². The van der Waals surface area contributed by atoms with Crippen molar-refractivity contribution in [2.45, 2.75) is 31.6 Å². The van der Waals surface area contributed by atoms with E-state index in [1.54, 1.807) is 30.3 Å². The second-order valence-electron chi connectivity index (χ2n) is 5.02. The standard InChI is InChI=1S/C14H15F3N2O2/c1-9-13(21)19(8-14(15,16)17)11(12(20)18-9)7-10-5-3-2-4-6-10/h2-6,9,11H,7-8H2,1H3,(H,18,20). The van der Waals surface area contributed by atoms with Crippen LogP contribution in [0.3, 0.4) is 0 Å². The van der Waals surface area contributed by atoms with Gasteiger partial charge in [-0.2, -0.15) is 13.2 Å². The highest BCUT2D eigenvalue weighted by Crippen LogP contribution is 2.22. The predicted octanol–water partition coefficient (Wildman–Crippen LogP) is 1.51. The molecule has 0 aliphatic carbocycles. The normalized spacial score (nSPS) is 23.1. The van der Waals surface area contributed by atoms with Crippen LogP contribution in [0.15, 0.2) is 30.3 Å². The number of carbonyl (C=O) groups is 2. The average molecular weight is 300 g/mol. The van der Waals surface area contributed by atoms with E-state index in [1.807, 2.05) is 0 Å². The second kappa shape index (κ2) is 5.75. The Labute approximate surface area is 119 Å². The molecule has 7 heteroatoms. The number of nitrogens with zero attached hydrogens (tertiary/aromatic N) is 1. The number of hydrogen-bond donors (Lipinski definition) is 1. The summed E-state index contributed by atoms with van der Waals surface area (Å²) in [5.41, 5.74) is 0.701. The van der Waals surface area contributed by atoms with Crippen molar-refractivity contribution in [3.63, 3.8) is 0 Å². The number of hydrogen-bond acceptors (Lipinski definition) is 2. The molecular formula is C14H15F3N2O2. The van der Waals surface area contributed by atoms with E-state index in [1.165, 1.54) is 6.92 Å². The molecule has 1 N–H and O–H groups in total. The highest BCUT2D eigenvalue weighted by molar-refractivity contribution is 5.96. The number of halogens is 3. The molecule has 1 saturated heterocycles. The minimum absolute atomic E-state index is 0.0568. The van der Waals surface area contributed by atoms with Crippen molar-refractivity contribution in [2.75, 3.05) is 6.54 Å². The first kappa shape index (κ1) is 15.3. The molecule has 21 heavy (non-hydrogen) atoms. The van der Waals surface area contributed by atoms with Crippen molar-refractivity contribution in [3.05, 3.63) is 35.9 Å². The molecule has 1 aliphatic heterocycles. The van der Waals surface area contributed by atoms with Crippen LogP contribution < -0.4 is 5.32 Å². The van der Waals surface area contributed by atoms with E-state index in [9.17, 15) is 22.8 Å². The maximum atomic E-state index is 12.7. The Kier molecular flexibility index (Phi) is 4.20. The van der Waals surface area contributed by atoms with E-state index in [0.717, 1.165) is 0 Å². The summed E-state index contributed by atoms with van der Waals surface area (Å²) >= 11 is 0. The lowest BCUT2D eigenvalue weighted by Gasteiger charge is -2.38. The van der Waals surface area contributed by atoms with Crippen molar-refractivity contribution in [1.82, 2.24) is 10.2 Å². The molecule has 2 atom stereocenters. The smallest absolute Gasteiger partial charge is 0.343 e. The molecule has 1 fully saturated rings. The second-order valence-corrected chi connectivity index (χ2v) is 5.02. The van der Waals surface area contributed by atoms with E-state index in [-0.39, 0.29) is 6.42 Å². The largest absolute Gasteiger partial charge is 0.406 e. The molecule has 1 aliphatic rings. The molecule has 2 rings (SSSR count). The molecule has 1 aromatic rings. The number of nitrogens with one attached hydrogen (secondary N) is 1. The lowest BCUT2D eigenvalue weighted by atomic mass is 10.00. The Hall–Kier alpha value is -2.05. The van der Waals surface area contributed by atoms with Gasteiger partial charge in [0.25, 0.3) is 0 Å². The monoisotopic (exact) mass is 300 g/mol. The summed E-state index contributed by atoms with van der Waals surface area (Å²) < 4.78 is 38.0. The molecule has 0 radical (unpaired) electrons. The van der Waals surface area contributed by atoms with E-state index in [2.05, 4.69) is 5.32 Å². The third-order valence-corrected chi connectivity index (χ3v) is 3.31. The molecule has 2 unspecified atom stereocenters. The van der Waals surface area contributed by atoms with Crippen LogP contribution in [0.4, 0.5) is 13.2 Å². The van der Waals surface area contributed by atoms with Crippen LogP contribution in [-0.4, -0.2) is 41.5 Å². The maximum Gasteiger partial charge on any atom is 0.406 e. The molecule has 1 heterocycles. The van der Waals surface area contributed by atoms with Gasteiger partial charge >= 0.3 is 6.18 Å². The molecule has 0 spiro atoms. The minimum Gasteiger partial charge on any atom is -0.343 e. The number of benzene rings is 1. The zero-order chi connectivity index (χ0) is 15.6. The van der Waals surface area contributed by atoms with Crippen LogP contribution in [0.2, 0.25) is 0 Å². The molecule has 0 saturated carbocycles. The Morgan fingerprint density at radius 3 is 2.38 bits per heavy atom. The van der Waals surface area contributed by atoms with Gasteiger partial charge in [-0.3, -0.25) is 9.59 Å². The van der Waals surface area contributed by atoms with Crippen LogP contribution in [0, 0.1) is 0 Å².